The molecule has 2 heterocycles. The number of alkyl halides is 3. The van der Waals surface area contributed by atoms with Crippen LogP contribution in [-0.2, 0) is 6.18 Å². The lowest BCUT2D eigenvalue weighted by atomic mass is 10.2. The van der Waals surface area contributed by atoms with Crippen LogP contribution in [-0.4, -0.2) is 24.2 Å². The fraction of sp³-hybridized carbons (Fsp3) is 0.357. The number of aromatic nitrogens is 1. The molecule has 2 aromatic rings. The third-order valence-corrected chi connectivity index (χ3v) is 4.15. The molecule has 0 radical (unpaired) electrons. The van der Waals surface area contributed by atoms with Crippen molar-refractivity contribution in [1.82, 2.24) is 4.98 Å². The number of hydrogen-bond acceptors (Lipinski definition) is 4. The maximum atomic E-state index is 12.9. The normalized spacial score (nSPS) is 19.0. The molecule has 21 heavy (non-hydrogen) atoms. The molecule has 7 heteroatoms. The molecule has 0 aliphatic carbocycles. The van der Waals surface area contributed by atoms with Gasteiger partial charge in [-0.25, -0.2) is 4.98 Å². The van der Waals surface area contributed by atoms with Gasteiger partial charge in [0.05, 0.1) is 12.1 Å². The minimum atomic E-state index is -4.40. The molecule has 1 aromatic heterocycles. The summed E-state index contributed by atoms with van der Waals surface area (Å²) in [4.78, 5) is 6.24. The Hall–Kier alpha value is -1.76. The second-order valence-electron chi connectivity index (χ2n) is 4.78. The molecule has 0 N–H and O–H groups in total. The summed E-state index contributed by atoms with van der Waals surface area (Å²) in [6, 6.07) is 5.34. The van der Waals surface area contributed by atoms with E-state index in [1.807, 2.05) is 10.3 Å². The van der Waals surface area contributed by atoms with Crippen LogP contribution in [0.25, 0.3) is 0 Å². The van der Waals surface area contributed by atoms with Gasteiger partial charge in [-0.15, -0.1) is 11.3 Å². The van der Waals surface area contributed by atoms with Gasteiger partial charge >= 0.3 is 6.18 Å². The Morgan fingerprint density at radius 1 is 1.29 bits per heavy atom. The van der Waals surface area contributed by atoms with Crippen LogP contribution in [0.2, 0.25) is 0 Å². The largest absolute Gasteiger partial charge is 0.488 e. The molecule has 1 aliphatic heterocycles. The van der Waals surface area contributed by atoms with Crippen molar-refractivity contribution in [3.05, 3.63) is 41.4 Å². The minimum absolute atomic E-state index is 0.101. The molecule has 1 atom stereocenters. The van der Waals surface area contributed by atoms with E-state index in [9.17, 15) is 13.2 Å². The van der Waals surface area contributed by atoms with Gasteiger partial charge in [0, 0.05) is 24.5 Å². The van der Waals surface area contributed by atoms with E-state index in [4.69, 9.17) is 4.74 Å². The van der Waals surface area contributed by atoms with Crippen LogP contribution in [0.5, 0.6) is 5.75 Å². The number of para-hydroxylation sites is 1. The highest BCUT2D eigenvalue weighted by molar-refractivity contribution is 7.13. The zero-order chi connectivity index (χ0) is 14.9. The summed E-state index contributed by atoms with van der Waals surface area (Å²) < 4.78 is 44.3. The topological polar surface area (TPSA) is 25.4 Å². The fourth-order valence-corrected chi connectivity index (χ4v) is 3.03. The summed E-state index contributed by atoms with van der Waals surface area (Å²) in [5, 5.41) is 2.76. The number of halogens is 3. The summed E-state index contributed by atoms with van der Waals surface area (Å²) in [7, 11) is 0. The Labute approximate surface area is 124 Å². The molecule has 1 unspecified atom stereocenters. The minimum Gasteiger partial charge on any atom is -0.488 e. The first kappa shape index (κ1) is 14.2. The van der Waals surface area contributed by atoms with E-state index < -0.39 is 11.7 Å². The van der Waals surface area contributed by atoms with E-state index in [1.165, 1.54) is 23.5 Å². The molecule has 3 nitrogen and oxygen atoms in total. The van der Waals surface area contributed by atoms with Crippen LogP contribution in [0, 0.1) is 0 Å². The Balaban J connectivity index is 1.71. The van der Waals surface area contributed by atoms with E-state index in [0.29, 0.717) is 13.0 Å². The molecule has 0 spiro atoms. The molecular formula is C14H13F3N2OS. The summed E-state index contributed by atoms with van der Waals surface area (Å²) >= 11 is 1.52. The predicted molar refractivity (Wildman–Crippen MR) is 74.8 cm³/mol. The van der Waals surface area contributed by atoms with Gasteiger partial charge in [0.15, 0.2) is 5.13 Å². The SMILES string of the molecule is FC(F)(F)c1ccccc1OC1CCN(c2nccs2)C1. The number of anilines is 1. The Morgan fingerprint density at radius 3 is 2.81 bits per heavy atom. The van der Waals surface area contributed by atoms with Gasteiger partial charge in [-0.3, -0.25) is 0 Å². The standard InChI is InChI=1S/C14H13F3N2OS/c15-14(16,17)11-3-1-2-4-12(11)20-10-5-7-19(9-10)13-18-6-8-21-13/h1-4,6,8,10H,5,7,9H2. The van der Waals surface area contributed by atoms with Crippen LogP contribution in [0.4, 0.5) is 18.3 Å². The summed E-state index contributed by atoms with van der Waals surface area (Å²) in [5.74, 6) is -0.101. The van der Waals surface area contributed by atoms with E-state index >= 15 is 0 Å². The van der Waals surface area contributed by atoms with Gasteiger partial charge < -0.3 is 9.64 Å². The number of ether oxygens (including phenoxy) is 1. The average Bonchev–Trinajstić information content (AvgIpc) is 3.08. The highest BCUT2D eigenvalue weighted by atomic mass is 32.1. The van der Waals surface area contributed by atoms with Crippen molar-refractivity contribution < 1.29 is 17.9 Å². The van der Waals surface area contributed by atoms with Crippen LogP contribution in [0.3, 0.4) is 0 Å². The zero-order valence-electron chi connectivity index (χ0n) is 11.0. The summed E-state index contributed by atoms with van der Waals surface area (Å²) in [6.45, 7) is 1.30. The Morgan fingerprint density at radius 2 is 2.10 bits per heavy atom. The van der Waals surface area contributed by atoms with Crippen molar-refractivity contribution in [3.8, 4) is 5.75 Å². The van der Waals surface area contributed by atoms with Crippen molar-refractivity contribution in [3.63, 3.8) is 0 Å². The highest BCUT2D eigenvalue weighted by Gasteiger charge is 2.35. The molecule has 0 saturated carbocycles. The van der Waals surface area contributed by atoms with Crippen molar-refractivity contribution in [2.24, 2.45) is 0 Å². The Kier molecular flexibility index (Phi) is 3.75. The third-order valence-electron chi connectivity index (χ3n) is 3.32. The van der Waals surface area contributed by atoms with Gasteiger partial charge in [0.1, 0.15) is 11.9 Å². The van der Waals surface area contributed by atoms with Crippen molar-refractivity contribution in [1.29, 1.82) is 0 Å². The quantitative estimate of drug-likeness (QED) is 0.861. The van der Waals surface area contributed by atoms with E-state index in [0.717, 1.165) is 17.7 Å². The van der Waals surface area contributed by atoms with E-state index in [-0.39, 0.29) is 11.9 Å². The lowest BCUT2D eigenvalue weighted by Crippen LogP contribution is -2.25. The van der Waals surface area contributed by atoms with E-state index in [2.05, 4.69) is 4.98 Å². The van der Waals surface area contributed by atoms with Crippen LogP contribution < -0.4 is 9.64 Å². The van der Waals surface area contributed by atoms with Gasteiger partial charge in [-0.05, 0) is 12.1 Å². The van der Waals surface area contributed by atoms with Crippen molar-refractivity contribution in [2.45, 2.75) is 18.7 Å². The number of hydrogen-bond donors (Lipinski definition) is 0. The van der Waals surface area contributed by atoms with Gasteiger partial charge in [-0.1, -0.05) is 12.1 Å². The first-order valence-corrected chi connectivity index (χ1v) is 7.39. The molecule has 0 bridgehead atoms. The lowest BCUT2D eigenvalue weighted by Gasteiger charge is -2.19. The number of rotatable bonds is 3. The third kappa shape index (κ3) is 3.12. The first-order valence-electron chi connectivity index (χ1n) is 6.51. The molecule has 112 valence electrons. The molecule has 1 aromatic carbocycles. The summed E-state index contributed by atoms with van der Waals surface area (Å²) in [6.07, 6.45) is -2.25. The second kappa shape index (κ2) is 5.55. The van der Waals surface area contributed by atoms with Gasteiger partial charge in [0.2, 0.25) is 0 Å². The molecule has 1 fully saturated rings. The molecule has 3 rings (SSSR count). The zero-order valence-corrected chi connectivity index (χ0v) is 11.8. The smallest absolute Gasteiger partial charge is 0.419 e. The second-order valence-corrected chi connectivity index (χ2v) is 5.66. The predicted octanol–water partition coefficient (Wildman–Crippen LogP) is 3.82. The lowest BCUT2D eigenvalue weighted by molar-refractivity contribution is -0.139. The number of nitrogens with zero attached hydrogens (tertiary/aromatic N) is 2. The monoisotopic (exact) mass is 314 g/mol. The number of thiazole rings is 1. The Bertz CT molecular complexity index is 601. The highest BCUT2D eigenvalue weighted by Crippen LogP contribution is 2.37. The van der Waals surface area contributed by atoms with Gasteiger partial charge in [-0.2, -0.15) is 13.2 Å². The van der Waals surface area contributed by atoms with Crippen molar-refractivity contribution >= 4 is 16.5 Å². The average molecular weight is 314 g/mol. The molecule has 1 aliphatic rings. The van der Waals surface area contributed by atoms with Crippen LogP contribution >= 0.6 is 11.3 Å². The van der Waals surface area contributed by atoms with Gasteiger partial charge in [0.25, 0.3) is 0 Å². The molecule has 0 amide bonds. The molecular weight excluding hydrogens is 301 g/mol. The number of benzene rings is 1. The van der Waals surface area contributed by atoms with Crippen molar-refractivity contribution in [2.75, 3.05) is 18.0 Å². The maximum Gasteiger partial charge on any atom is 0.419 e. The van der Waals surface area contributed by atoms with Crippen LogP contribution in [0.1, 0.15) is 12.0 Å². The molecule has 1 saturated heterocycles. The van der Waals surface area contributed by atoms with Crippen LogP contribution in [0.15, 0.2) is 35.8 Å². The summed E-state index contributed by atoms with van der Waals surface area (Å²) in [5.41, 5.74) is -0.724. The first-order chi connectivity index (χ1) is 10.0. The maximum absolute atomic E-state index is 12.9. The fourth-order valence-electron chi connectivity index (χ4n) is 2.35. The van der Waals surface area contributed by atoms with E-state index in [1.54, 1.807) is 12.3 Å².